The molecule has 0 bridgehead atoms. The molecule has 3 aromatic carbocycles. The summed E-state index contributed by atoms with van der Waals surface area (Å²) in [7, 11) is 3.39. The quantitative estimate of drug-likeness (QED) is 0.321. The highest BCUT2D eigenvalue weighted by molar-refractivity contribution is 5.75. The van der Waals surface area contributed by atoms with E-state index in [2.05, 4.69) is 39.8 Å². The van der Waals surface area contributed by atoms with Crippen molar-refractivity contribution >= 4 is 11.0 Å². The topological polar surface area (TPSA) is 48.8 Å². The number of para-hydroxylation sites is 3. The van der Waals surface area contributed by atoms with Crippen LogP contribution in [-0.4, -0.2) is 41.8 Å². The summed E-state index contributed by atoms with van der Waals surface area (Å²) in [4.78, 5) is 7.42. The molecule has 1 aliphatic heterocycles. The Kier molecular flexibility index (Phi) is 7.19. The van der Waals surface area contributed by atoms with Crippen LogP contribution < -0.4 is 14.2 Å². The molecule has 4 aromatic rings. The summed E-state index contributed by atoms with van der Waals surface area (Å²) in [5.74, 6) is 4.15. The van der Waals surface area contributed by atoms with E-state index in [1.165, 1.54) is 11.1 Å². The van der Waals surface area contributed by atoms with Gasteiger partial charge in [0, 0.05) is 19.2 Å². The molecular formula is C29H33N3O3. The highest BCUT2D eigenvalue weighted by Gasteiger charge is 2.22. The zero-order valence-electron chi connectivity index (χ0n) is 20.5. The number of methoxy groups -OCH3 is 2. The standard InChI is InChI=1S/C29H33N3O3/c1-33-25-16-23(17-26(18-25)34-2)19-31-14-12-22(13-15-31)20-32-28-11-7-6-10-27(28)30-29(32)21-35-24-8-4-3-5-9-24/h3-11,16-18,22H,12-15,19-21H2,1-2H3. The summed E-state index contributed by atoms with van der Waals surface area (Å²) in [5, 5.41) is 0. The molecule has 6 nitrogen and oxygen atoms in total. The van der Waals surface area contributed by atoms with Gasteiger partial charge in [0.15, 0.2) is 0 Å². The van der Waals surface area contributed by atoms with Crippen molar-refractivity contribution in [2.24, 2.45) is 5.92 Å². The largest absolute Gasteiger partial charge is 0.497 e. The lowest BCUT2D eigenvalue weighted by molar-refractivity contribution is 0.165. The minimum atomic E-state index is 0.467. The number of ether oxygens (including phenoxy) is 3. The minimum Gasteiger partial charge on any atom is -0.497 e. The second-order valence-corrected chi connectivity index (χ2v) is 9.17. The normalized spacial score (nSPS) is 14.8. The molecule has 0 unspecified atom stereocenters. The fourth-order valence-electron chi connectivity index (χ4n) is 4.91. The highest BCUT2D eigenvalue weighted by Crippen LogP contribution is 2.27. The van der Waals surface area contributed by atoms with Gasteiger partial charge in [-0.05, 0) is 73.8 Å². The first-order chi connectivity index (χ1) is 17.2. The summed E-state index contributed by atoms with van der Waals surface area (Å²) in [5.41, 5.74) is 3.44. The molecule has 1 saturated heterocycles. The number of likely N-dealkylation sites (tertiary alicyclic amines) is 1. The maximum atomic E-state index is 6.06. The van der Waals surface area contributed by atoms with Crippen LogP contribution in [0.25, 0.3) is 11.0 Å². The zero-order valence-corrected chi connectivity index (χ0v) is 20.5. The lowest BCUT2D eigenvalue weighted by Crippen LogP contribution is -2.34. The highest BCUT2D eigenvalue weighted by atomic mass is 16.5. The predicted molar refractivity (Wildman–Crippen MR) is 138 cm³/mol. The molecule has 1 fully saturated rings. The number of hydrogen-bond acceptors (Lipinski definition) is 5. The first-order valence-corrected chi connectivity index (χ1v) is 12.3. The third kappa shape index (κ3) is 5.60. The second kappa shape index (κ2) is 10.8. The van der Waals surface area contributed by atoms with E-state index in [9.17, 15) is 0 Å². The Labute approximate surface area is 207 Å². The first-order valence-electron chi connectivity index (χ1n) is 12.3. The van der Waals surface area contributed by atoms with E-state index in [4.69, 9.17) is 19.2 Å². The molecule has 35 heavy (non-hydrogen) atoms. The van der Waals surface area contributed by atoms with Crippen LogP contribution in [0.1, 0.15) is 24.2 Å². The van der Waals surface area contributed by atoms with Crippen molar-refractivity contribution in [3.05, 3.63) is 84.2 Å². The molecular weight excluding hydrogens is 438 g/mol. The summed E-state index contributed by atoms with van der Waals surface area (Å²) in [6, 6.07) is 24.5. The van der Waals surface area contributed by atoms with E-state index in [0.29, 0.717) is 12.5 Å². The Morgan fingerprint density at radius 3 is 2.23 bits per heavy atom. The number of fused-ring (bicyclic) bond motifs is 1. The molecule has 1 aromatic heterocycles. The number of benzene rings is 3. The Morgan fingerprint density at radius 1 is 0.829 bits per heavy atom. The van der Waals surface area contributed by atoms with Gasteiger partial charge in [0.25, 0.3) is 0 Å². The van der Waals surface area contributed by atoms with Crippen LogP contribution in [-0.2, 0) is 19.7 Å². The fraction of sp³-hybridized carbons (Fsp3) is 0.345. The van der Waals surface area contributed by atoms with Crippen molar-refractivity contribution < 1.29 is 14.2 Å². The lowest BCUT2D eigenvalue weighted by atomic mass is 9.96. The average Bonchev–Trinajstić information content (AvgIpc) is 3.26. The number of nitrogens with zero attached hydrogens (tertiary/aromatic N) is 3. The van der Waals surface area contributed by atoms with Gasteiger partial charge in [0.05, 0.1) is 25.3 Å². The fourth-order valence-corrected chi connectivity index (χ4v) is 4.91. The summed E-state index contributed by atoms with van der Waals surface area (Å²) in [6.45, 7) is 4.49. The Morgan fingerprint density at radius 2 is 1.51 bits per heavy atom. The van der Waals surface area contributed by atoms with Crippen LogP contribution in [0, 0.1) is 5.92 Å². The molecule has 182 valence electrons. The molecule has 0 N–H and O–H groups in total. The number of aromatic nitrogens is 2. The van der Waals surface area contributed by atoms with Crippen LogP contribution in [0.3, 0.4) is 0 Å². The van der Waals surface area contributed by atoms with Gasteiger partial charge in [-0.15, -0.1) is 0 Å². The van der Waals surface area contributed by atoms with Gasteiger partial charge in [0.1, 0.15) is 29.7 Å². The molecule has 0 radical (unpaired) electrons. The van der Waals surface area contributed by atoms with E-state index in [1.54, 1.807) is 14.2 Å². The Balaban J connectivity index is 1.24. The zero-order chi connectivity index (χ0) is 24.0. The molecule has 2 heterocycles. The van der Waals surface area contributed by atoms with E-state index in [0.717, 1.165) is 67.6 Å². The van der Waals surface area contributed by atoms with Crippen molar-refractivity contribution in [3.8, 4) is 17.2 Å². The molecule has 0 atom stereocenters. The van der Waals surface area contributed by atoms with E-state index < -0.39 is 0 Å². The maximum Gasteiger partial charge on any atom is 0.148 e. The van der Waals surface area contributed by atoms with E-state index in [1.807, 2.05) is 42.5 Å². The molecule has 0 amide bonds. The molecule has 0 aliphatic carbocycles. The summed E-state index contributed by atoms with van der Waals surface area (Å²) >= 11 is 0. The van der Waals surface area contributed by atoms with Crippen molar-refractivity contribution in [2.45, 2.75) is 32.5 Å². The van der Waals surface area contributed by atoms with Crippen LogP contribution in [0.2, 0.25) is 0 Å². The third-order valence-corrected chi connectivity index (χ3v) is 6.81. The van der Waals surface area contributed by atoms with Crippen molar-refractivity contribution in [3.63, 3.8) is 0 Å². The Bertz CT molecular complexity index is 1220. The number of imidazole rings is 1. The SMILES string of the molecule is COc1cc(CN2CCC(Cn3c(COc4ccccc4)nc4ccccc43)CC2)cc(OC)c1. The van der Waals surface area contributed by atoms with Crippen molar-refractivity contribution in [2.75, 3.05) is 27.3 Å². The molecule has 1 aliphatic rings. The average molecular weight is 472 g/mol. The van der Waals surface area contributed by atoms with Crippen LogP contribution >= 0.6 is 0 Å². The second-order valence-electron chi connectivity index (χ2n) is 9.17. The summed E-state index contributed by atoms with van der Waals surface area (Å²) < 4.78 is 19.3. The van der Waals surface area contributed by atoms with Crippen molar-refractivity contribution in [1.82, 2.24) is 14.5 Å². The van der Waals surface area contributed by atoms with Gasteiger partial charge >= 0.3 is 0 Å². The first kappa shape index (κ1) is 23.2. The van der Waals surface area contributed by atoms with Crippen LogP contribution in [0.5, 0.6) is 17.2 Å². The van der Waals surface area contributed by atoms with Gasteiger partial charge in [-0.2, -0.15) is 0 Å². The van der Waals surface area contributed by atoms with Gasteiger partial charge in [0.2, 0.25) is 0 Å². The smallest absolute Gasteiger partial charge is 0.148 e. The Hall–Kier alpha value is -3.51. The number of piperidine rings is 1. The number of hydrogen-bond donors (Lipinski definition) is 0. The van der Waals surface area contributed by atoms with Crippen molar-refractivity contribution in [1.29, 1.82) is 0 Å². The molecule has 5 rings (SSSR count). The maximum absolute atomic E-state index is 6.06. The predicted octanol–water partition coefficient (Wildman–Crippen LogP) is 5.54. The molecule has 0 spiro atoms. The minimum absolute atomic E-state index is 0.467. The monoisotopic (exact) mass is 471 g/mol. The van der Waals surface area contributed by atoms with E-state index >= 15 is 0 Å². The van der Waals surface area contributed by atoms with Crippen LogP contribution in [0.15, 0.2) is 72.8 Å². The molecule has 6 heteroatoms. The van der Waals surface area contributed by atoms with Gasteiger partial charge < -0.3 is 18.8 Å². The van der Waals surface area contributed by atoms with Crippen LogP contribution in [0.4, 0.5) is 0 Å². The van der Waals surface area contributed by atoms with E-state index in [-0.39, 0.29) is 0 Å². The van der Waals surface area contributed by atoms with Gasteiger partial charge in [-0.3, -0.25) is 4.90 Å². The van der Waals surface area contributed by atoms with Gasteiger partial charge in [-0.25, -0.2) is 4.98 Å². The summed E-state index contributed by atoms with van der Waals surface area (Å²) in [6.07, 6.45) is 2.32. The van der Waals surface area contributed by atoms with Gasteiger partial charge in [-0.1, -0.05) is 30.3 Å². The number of rotatable bonds is 9. The lowest BCUT2D eigenvalue weighted by Gasteiger charge is -2.32. The third-order valence-electron chi connectivity index (χ3n) is 6.81. The molecule has 0 saturated carbocycles.